The zero-order chi connectivity index (χ0) is 15.8. The molecule has 0 radical (unpaired) electrons. The molecule has 2 N–H and O–H groups in total. The molecule has 1 aromatic heterocycles. The van der Waals surface area contributed by atoms with Gasteiger partial charge in [-0.3, -0.25) is 9.69 Å². The van der Waals surface area contributed by atoms with Crippen molar-refractivity contribution >= 4 is 50.4 Å². The van der Waals surface area contributed by atoms with E-state index < -0.39 is 0 Å². The summed E-state index contributed by atoms with van der Waals surface area (Å²) in [6.07, 6.45) is 0. The summed E-state index contributed by atoms with van der Waals surface area (Å²) in [5.74, 6) is 0.113. The maximum atomic E-state index is 12.5. The number of hydrogen-bond acceptors (Lipinski definition) is 4. The van der Waals surface area contributed by atoms with Gasteiger partial charge in [-0.05, 0) is 48.3 Å². The van der Waals surface area contributed by atoms with Crippen molar-refractivity contribution in [2.45, 2.75) is 26.3 Å². The second-order valence-electron chi connectivity index (χ2n) is 5.77. The molecule has 1 amide bonds. The van der Waals surface area contributed by atoms with Crippen LogP contribution in [0.4, 0.5) is 0 Å². The molecule has 7 heteroatoms. The summed E-state index contributed by atoms with van der Waals surface area (Å²) in [5, 5.41) is 0. The van der Waals surface area contributed by atoms with Gasteiger partial charge in [-0.2, -0.15) is 0 Å². The summed E-state index contributed by atoms with van der Waals surface area (Å²) in [5.41, 5.74) is 6.62. The van der Waals surface area contributed by atoms with Crippen LogP contribution in [-0.4, -0.2) is 52.4 Å². The predicted molar refractivity (Wildman–Crippen MR) is 95.1 cm³/mol. The molecule has 116 valence electrons. The molecule has 0 unspecified atom stereocenters. The smallest absolute Gasteiger partial charge is 0.264 e. The topological polar surface area (TPSA) is 49.6 Å². The molecule has 1 aromatic rings. The fourth-order valence-corrected chi connectivity index (χ4v) is 3.98. The van der Waals surface area contributed by atoms with Crippen molar-refractivity contribution in [3.63, 3.8) is 0 Å². The first kappa shape index (κ1) is 16.9. The number of aryl methyl sites for hydroxylation is 1. The van der Waals surface area contributed by atoms with Crippen LogP contribution in [0.1, 0.15) is 29.1 Å². The average Bonchev–Trinajstić information content (AvgIpc) is 2.78. The molecule has 1 aliphatic heterocycles. The van der Waals surface area contributed by atoms with Crippen LogP contribution in [0.3, 0.4) is 0 Å². The molecule has 1 saturated heterocycles. The van der Waals surface area contributed by atoms with Crippen LogP contribution in [0.5, 0.6) is 0 Å². The van der Waals surface area contributed by atoms with E-state index in [-0.39, 0.29) is 11.4 Å². The number of amides is 1. The zero-order valence-corrected chi connectivity index (χ0v) is 15.7. The quantitative estimate of drug-likeness (QED) is 0.807. The Morgan fingerprint density at radius 1 is 1.38 bits per heavy atom. The Kier molecular flexibility index (Phi) is 5.07. The number of carbonyl (C=O) groups is 1. The van der Waals surface area contributed by atoms with E-state index in [0.29, 0.717) is 18.1 Å². The maximum Gasteiger partial charge on any atom is 0.264 e. The number of carbonyl (C=O) groups excluding carboxylic acids is 1. The molecule has 0 saturated carbocycles. The van der Waals surface area contributed by atoms with Gasteiger partial charge in [0.2, 0.25) is 0 Å². The highest BCUT2D eigenvalue weighted by atomic mass is 79.9. The van der Waals surface area contributed by atoms with E-state index in [9.17, 15) is 4.79 Å². The van der Waals surface area contributed by atoms with Crippen LogP contribution in [0, 0.1) is 6.92 Å². The molecule has 2 rings (SSSR count). The van der Waals surface area contributed by atoms with Gasteiger partial charge in [-0.25, -0.2) is 0 Å². The second kappa shape index (κ2) is 6.32. The van der Waals surface area contributed by atoms with E-state index in [4.69, 9.17) is 18.0 Å². The standard InChI is InChI=1S/C14H20BrN3OS2/c1-9-8-10(21-11(9)15)12(19)17-4-6-18(7-5-17)14(2,3)13(16)20/h8H,4-7H2,1-3H3,(H2,16,20). The van der Waals surface area contributed by atoms with E-state index in [1.165, 1.54) is 11.3 Å². The summed E-state index contributed by atoms with van der Waals surface area (Å²) in [6.45, 7) is 9.07. The van der Waals surface area contributed by atoms with Crippen LogP contribution in [-0.2, 0) is 0 Å². The van der Waals surface area contributed by atoms with Crippen LogP contribution in [0.15, 0.2) is 9.85 Å². The minimum atomic E-state index is -0.299. The van der Waals surface area contributed by atoms with Gasteiger partial charge in [0.05, 0.1) is 19.2 Å². The molecule has 0 aliphatic carbocycles. The number of halogens is 1. The van der Waals surface area contributed by atoms with E-state index in [0.717, 1.165) is 27.3 Å². The molecule has 0 atom stereocenters. The number of nitrogens with zero attached hydrogens (tertiary/aromatic N) is 2. The monoisotopic (exact) mass is 389 g/mol. The first-order chi connectivity index (χ1) is 9.73. The van der Waals surface area contributed by atoms with Crippen molar-refractivity contribution in [1.29, 1.82) is 0 Å². The third-order valence-corrected chi connectivity index (χ3v) is 6.65. The Balaban J connectivity index is 2.01. The van der Waals surface area contributed by atoms with Crippen molar-refractivity contribution in [3.8, 4) is 0 Å². The lowest BCUT2D eigenvalue weighted by atomic mass is 10.0. The van der Waals surface area contributed by atoms with Crippen molar-refractivity contribution in [3.05, 3.63) is 20.3 Å². The van der Waals surface area contributed by atoms with Gasteiger partial charge in [0.15, 0.2) is 0 Å². The van der Waals surface area contributed by atoms with Gasteiger partial charge in [0, 0.05) is 26.2 Å². The highest BCUT2D eigenvalue weighted by molar-refractivity contribution is 9.11. The van der Waals surface area contributed by atoms with Crippen LogP contribution < -0.4 is 5.73 Å². The maximum absolute atomic E-state index is 12.5. The normalized spacial score (nSPS) is 17.0. The Bertz CT molecular complexity index is 543. The molecule has 0 bridgehead atoms. The molecule has 21 heavy (non-hydrogen) atoms. The lowest BCUT2D eigenvalue weighted by Gasteiger charge is -2.43. The third-order valence-electron chi connectivity index (χ3n) is 4.03. The number of hydrogen-bond donors (Lipinski definition) is 1. The fraction of sp³-hybridized carbons (Fsp3) is 0.571. The highest BCUT2D eigenvalue weighted by Crippen LogP contribution is 2.28. The summed E-state index contributed by atoms with van der Waals surface area (Å²) >= 11 is 10.1. The number of thiophene rings is 1. The molecule has 1 aliphatic rings. The first-order valence-electron chi connectivity index (χ1n) is 6.83. The van der Waals surface area contributed by atoms with E-state index in [1.807, 2.05) is 31.7 Å². The largest absolute Gasteiger partial charge is 0.392 e. The minimum absolute atomic E-state index is 0.113. The molecule has 4 nitrogen and oxygen atoms in total. The lowest BCUT2D eigenvalue weighted by Crippen LogP contribution is -2.59. The second-order valence-corrected chi connectivity index (χ2v) is 8.58. The zero-order valence-electron chi connectivity index (χ0n) is 12.5. The van der Waals surface area contributed by atoms with E-state index >= 15 is 0 Å². The molecular weight excluding hydrogens is 370 g/mol. The first-order valence-corrected chi connectivity index (χ1v) is 8.85. The SMILES string of the molecule is Cc1cc(C(=O)N2CCN(C(C)(C)C(N)=S)CC2)sc1Br. The Hall–Kier alpha value is -0.500. The summed E-state index contributed by atoms with van der Waals surface area (Å²) in [7, 11) is 0. The molecule has 2 heterocycles. The number of thiocarbonyl (C=S) groups is 1. The third kappa shape index (κ3) is 3.47. The molecule has 0 aromatic carbocycles. The summed E-state index contributed by atoms with van der Waals surface area (Å²) in [6, 6.07) is 1.95. The summed E-state index contributed by atoms with van der Waals surface area (Å²) in [4.78, 5) is 17.9. The minimum Gasteiger partial charge on any atom is -0.392 e. The summed E-state index contributed by atoms with van der Waals surface area (Å²) < 4.78 is 1.03. The molecular formula is C14H20BrN3OS2. The number of rotatable bonds is 3. The van der Waals surface area contributed by atoms with Crippen molar-refractivity contribution in [2.75, 3.05) is 26.2 Å². The van der Waals surface area contributed by atoms with Crippen LogP contribution in [0.25, 0.3) is 0 Å². The Morgan fingerprint density at radius 3 is 2.38 bits per heavy atom. The van der Waals surface area contributed by atoms with Crippen molar-refractivity contribution < 1.29 is 4.79 Å². The van der Waals surface area contributed by atoms with Gasteiger partial charge in [-0.15, -0.1) is 11.3 Å². The predicted octanol–water partition coefficient (Wildman–Crippen LogP) is 2.64. The number of piperazine rings is 1. The van der Waals surface area contributed by atoms with E-state index in [1.54, 1.807) is 0 Å². The lowest BCUT2D eigenvalue weighted by molar-refractivity contribution is 0.0544. The van der Waals surface area contributed by atoms with Gasteiger partial charge in [0.25, 0.3) is 5.91 Å². The van der Waals surface area contributed by atoms with Crippen LogP contribution in [0.2, 0.25) is 0 Å². The Morgan fingerprint density at radius 2 is 1.95 bits per heavy atom. The fourth-order valence-electron chi connectivity index (χ4n) is 2.35. The van der Waals surface area contributed by atoms with Gasteiger partial charge in [-0.1, -0.05) is 12.2 Å². The van der Waals surface area contributed by atoms with Crippen LogP contribution >= 0.6 is 39.5 Å². The van der Waals surface area contributed by atoms with Crippen molar-refractivity contribution in [2.24, 2.45) is 5.73 Å². The van der Waals surface area contributed by atoms with Gasteiger partial charge in [0.1, 0.15) is 0 Å². The van der Waals surface area contributed by atoms with Gasteiger partial charge < -0.3 is 10.6 Å². The van der Waals surface area contributed by atoms with E-state index in [2.05, 4.69) is 20.8 Å². The molecule has 1 fully saturated rings. The van der Waals surface area contributed by atoms with Crippen molar-refractivity contribution in [1.82, 2.24) is 9.80 Å². The Labute approximate surface area is 143 Å². The number of nitrogens with two attached hydrogens (primary N) is 1. The van der Waals surface area contributed by atoms with Gasteiger partial charge >= 0.3 is 0 Å². The highest BCUT2D eigenvalue weighted by Gasteiger charge is 2.33. The molecule has 0 spiro atoms. The average molecular weight is 390 g/mol.